The van der Waals surface area contributed by atoms with Crippen LogP contribution in [-0.2, 0) is 0 Å². The second kappa shape index (κ2) is 7.65. The monoisotopic (exact) mass is 264 g/mol. The van der Waals surface area contributed by atoms with E-state index in [1.807, 2.05) is 13.0 Å². The number of aryl methyl sites for hydroxylation is 1. The summed E-state index contributed by atoms with van der Waals surface area (Å²) in [6.07, 6.45) is 4.14. The molecule has 0 bridgehead atoms. The van der Waals surface area contributed by atoms with Crippen LogP contribution >= 0.6 is 24.8 Å². The fraction of sp³-hybridized carbons (Fsp3) is 0.600. The third kappa shape index (κ3) is 4.51. The highest BCUT2D eigenvalue weighted by Crippen LogP contribution is 2.10. The Morgan fingerprint density at radius 3 is 2.62 bits per heavy atom. The van der Waals surface area contributed by atoms with Gasteiger partial charge in [-0.15, -0.1) is 24.8 Å². The lowest BCUT2D eigenvalue weighted by Gasteiger charge is -2.24. The predicted octanol–water partition coefficient (Wildman–Crippen LogP) is 1.79. The first-order valence-electron chi connectivity index (χ1n) is 5.11. The summed E-state index contributed by atoms with van der Waals surface area (Å²) in [4.78, 5) is 8.39. The summed E-state index contributed by atoms with van der Waals surface area (Å²) in [5.74, 6) is 1.77. The fourth-order valence-electron chi connectivity index (χ4n) is 1.71. The summed E-state index contributed by atoms with van der Waals surface area (Å²) < 4.78 is 0. The van der Waals surface area contributed by atoms with Crippen molar-refractivity contribution in [3.05, 3.63) is 18.1 Å². The number of rotatable bonds is 2. The zero-order chi connectivity index (χ0) is 9.80. The first-order chi connectivity index (χ1) is 6.84. The molecule has 2 heterocycles. The maximum Gasteiger partial charge on any atom is 0.129 e. The van der Waals surface area contributed by atoms with Gasteiger partial charge in [-0.05, 0) is 38.9 Å². The van der Waals surface area contributed by atoms with Crippen LogP contribution in [0.5, 0.6) is 0 Å². The molecule has 0 aliphatic carbocycles. The van der Waals surface area contributed by atoms with E-state index in [4.69, 9.17) is 0 Å². The summed E-state index contributed by atoms with van der Waals surface area (Å²) in [6, 6.07) is 2.49. The maximum atomic E-state index is 4.32. The van der Waals surface area contributed by atoms with Gasteiger partial charge in [-0.2, -0.15) is 0 Å². The van der Waals surface area contributed by atoms with E-state index in [1.165, 1.54) is 12.8 Å². The average molecular weight is 265 g/mol. The van der Waals surface area contributed by atoms with Gasteiger partial charge in [0.15, 0.2) is 0 Å². The summed E-state index contributed by atoms with van der Waals surface area (Å²) in [5, 5.41) is 6.77. The zero-order valence-corrected chi connectivity index (χ0v) is 10.9. The van der Waals surface area contributed by atoms with Crippen LogP contribution in [0.3, 0.4) is 0 Å². The van der Waals surface area contributed by atoms with E-state index in [-0.39, 0.29) is 24.8 Å². The molecule has 0 aromatic carbocycles. The second-order valence-electron chi connectivity index (χ2n) is 3.66. The van der Waals surface area contributed by atoms with Crippen LogP contribution in [0.4, 0.5) is 5.82 Å². The normalized spacial score (nSPS) is 15.8. The molecule has 1 aliphatic rings. The third-order valence-electron chi connectivity index (χ3n) is 2.47. The van der Waals surface area contributed by atoms with Crippen LogP contribution in [0.25, 0.3) is 0 Å². The topological polar surface area (TPSA) is 49.8 Å². The molecule has 2 N–H and O–H groups in total. The van der Waals surface area contributed by atoms with E-state index in [9.17, 15) is 0 Å². The SMILES string of the molecule is Cc1nccc(NC2CCNCC2)n1.Cl.Cl. The lowest BCUT2D eigenvalue weighted by atomic mass is 10.1. The van der Waals surface area contributed by atoms with Gasteiger partial charge in [-0.3, -0.25) is 0 Å². The Morgan fingerprint density at radius 2 is 2.00 bits per heavy atom. The minimum absolute atomic E-state index is 0. The summed E-state index contributed by atoms with van der Waals surface area (Å²) >= 11 is 0. The molecule has 0 atom stereocenters. The highest BCUT2D eigenvalue weighted by atomic mass is 35.5. The summed E-state index contributed by atoms with van der Waals surface area (Å²) in [7, 11) is 0. The molecule has 0 unspecified atom stereocenters. The van der Waals surface area contributed by atoms with Gasteiger partial charge in [-0.1, -0.05) is 0 Å². The Hall–Kier alpha value is -0.580. The lowest BCUT2D eigenvalue weighted by Crippen LogP contribution is -2.35. The molecule has 1 aliphatic heterocycles. The molecule has 1 aromatic rings. The van der Waals surface area contributed by atoms with Crippen molar-refractivity contribution in [3.8, 4) is 0 Å². The molecule has 16 heavy (non-hydrogen) atoms. The van der Waals surface area contributed by atoms with Gasteiger partial charge in [0, 0.05) is 12.2 Å². The quantitative estimate of drug-likeness (QED) is 0.856. The van der Waals surface area contributed by atoms with E-state index in [1.54, 1.807) is 6.20 Å². The predicted molar refractivity (Wildman–Crippen MR) is 70.8 cm³/mol. The lowest BCUT2D eigenvalue weighted by molar-refractivity contribution is 0.478. The van der Waals surface area contributed by atoms with Crippen molar-refractivity contribution >= 4 is 30.6 Å². The van der Waals surface area contributed by atoms with Crippen molar-refractivity contribution in [1.82, 2.24) is 15.3 Å². The molecule has 0 amide bonds. The van der Waals surface area contributed by atoms with Crippen molar-refractivity contribution in [2.45, 2.75) is 25.8 Å². The molecule has 2 rings (SSSR count). The third-order valence-corrected chi connectivity index (χ3v) is 2.47. The molecule has 4 nitrogen and oxygen atoms in total. The van der Waals surface area contributed by atoms with Crippen molar-refractivity contribution in [3.63, 3.8) is 0 Å². The van der Waals surface area contributed by atoms with Gasteiger partial charge < -0.3 is 10.6 Å². The van der Waals surface area contributed by atoms with Crippen LogP contribution in [0.2, 0.25) is 0 Å². The maximum absolute atomic E-state index is 4.32. The van der Waals surface area contributed by atoms with E-state index in [0.29, 0.717) is 6.04 Å². The van der Waals surface area contributed by atoms with Crippen molar-refractivity contribution < 1.29 is 0 Å². The highest BCUT2D eigenvalue weighted by Gasteiger charge is 2.12. The molecule has 1 aromatic heterocycles. The van der Waals surface area contributed by atoms with Gasteiger partial charge in [0.25, 0.3) is 0 Å². The van der Waals surface area contributed by atoms with E-state index in [2.05, 4.69) is 20.6 Å². The molecular formula is C10H18Cl2N4. The largest absolute Gasteiger partial charge is 0.367 e. The van der Waals surface area contributed by atoms with Gasteiger partial charge in [0.1, 0.15) is 11.6 Å². The van der Waals surface area contributed by atoms with Gasteiger partial charge >= 0.3 is 0 Å². The number of anilines is 1. The minimum Gasteiger partial charge on any atom is -0.367 e. The van der Waals surface area contributed by atoms with Crippen LogP contribution in [0.1, 0.15) is 18.7 Å². The number of hydrogen-bond acceptors (Lipinski definition) is 4. The minimum atomic E-state index is 0. The number of hydrogen-bond donors (Lipinski definition) is 2. The van der Waals surface area contributed by atoms with Crippen molar-refractivity contribution in [1.29, 1.82) is 0 Å². The smallest absolute Gasteiger partial charge is 0.129 e. The number of piperidine rings is 1. The molecule has 1 saturated heterocycles. The molecule has 1 fully saturated rings. The van der Waals surface area contributed by atoms with Crippen molar-refractivity contribution in [2.75, 3.05) is 18.4 Å². The Morgan fingerprint density at radius 1 is 1.31 bits per heavy atom. The molecule has 92 valence electrons. The van der Waals surface area contributed by atoms with Gasteiger partial charge in [-0.25, -0.2) is 9.97 Å². The molecule has 0 spiro atoms. The highest BCUT2D eigenvalue weighted by molar-refractivity contribution is 5.85. The molecule has 0 saturated carbocycles. The van der Waals surface area contributed by atoms with Crippen molar-refractivity contribution in [2.24, 2.45) is 0 Å². The molecule has 6 heteroatoms. The van der Waals surface area contributed by atoms with Crippen LogP contribution < -0.4 is 10.6 Å². The van der Waals surface area contributed by atoms with Gasteiger partial charge in [0.05, 0.1) is 0 Å². The van der Waals surface area contributed by atoms with Crippen LogP contribution in [-0.4, -0.2) is 29.1 Å². The van der Waals surface area contributed by atoms with E-state index in [0.717, 1.165) is 24.7 Å². The number of nitrogens with zero attached hydrogens (tertiary/aromatic N) is 2. The zero-order valence-electron chi connectivity index (χ0n) is 9.27. The Bertz CT molecular complexity index is 303. The first-order valence-corrected chi connectivity index (χ1v) is 5.11. The van der Waals surface area contributed by atoms with E-state index < -0.39 is 0 Å². The average Bonchev–Trinajstić information content (AvgIpc) is 2.19. The van der Waals surface area contributed by atoms with Crippen LogP contribution in [0, 0.1) is 6.92 Å². The number of halogens is 2. The fourth-order valence-corrected chi connectivity index (χ4v) is 1.71. The standard InChI is InChI=1S/C10H16N4.2ClH/c1-8-12-7-4-10(13-8)14-9-2-5-11-6-3-9;;/h4,7,9,11H,2-3,5-6H2,1H3,(H,12,13,14);2*1H. The number of nitrogens with one attached hydrogen (secondary N) is 2. The van der Waals surface area contributed by atoms with E-state index >= 15 is 0 Å². The first kappa shape index (κ1) is 15.4. The van der Waals surface area contributed by atoms with Gasteiger partial charge in [0.2, 0.25) is 0 Å². The summed E-state index contributed by atoms with van der Waals surface area (Å²) in [5.41, 5.74) is 0. The molecular weight excluding hydrogens is 247 g/mol. The Labute approximate surface area is 108 Å². The van der Waals surface area contributed by atoms with Crippen LogP contribution in [0.15, 0.2) is 12.3 Å². The number of aromatic nitrogens is 2. The second-order valence-corrected chi connectivity index (χ2v) is 3.66. The molecule has 0 radical (unpaired) electrons. The Kier molecular flexibility index (Phi) is 7.38. The Balaban J connectivity index is 0.00000112. The summed E-state index contributed by atoms with van der Waals surface area (Å²) in [6.45, 7) is 4.11.